The lowest BCUT2D eigenvalue weighted by Gasteiger charge is -2.34. The number of ether oxygens (including phenoxy) is 1. The minimum atomic E-state index is -0.0430. The molecule has 0 aliphatic heterocycles. The molecule has 1 aliphatic carbocycles. The van der Waals surface area contributed by atoms with Crippen LogP contribution in [0.5, 0.6) is 5.75 Å². The number of carbonyl (C=O) groups excluding carboxylic acids is 1. The second-order valence-corrected chi connectivity index (χ2v) is 7.28. The molecule has 0 bridgehead atoms. The predicted molar refractivity (Wildman–Crippen MR) is 97.7 cm³/mol. The van der Waals surface area contributed by atoms with Crippen molar-refractivity contribution in [3.8, 4) is 5.75 Å². The summed E-state index contributed by atoms with van der Waals surface area (Å²) >= 11 is 5.83. The lowest BCUT2D eigenvalue weighted by molar-refractivity contribution is 0.0890. The van der Waals surface area contributed by atoms with Gasteiger partial charge in [0, 0.05) is 17.8 Å². The average molecular weight is 362 g/mol. The first-order valence-corrected chi connectivity index (χ1v) is 9.12. The van der Waals surface area contributed by atoms with Crippen LogP contribution in [0.25, 0.3) is 0 Å². The van der Waals surface area contributed by atoms with Gasteiger partial charge in [0.2, 0.25) is 0 Å². The first kappa shape index (κ1) is 17.8. The van der Waals surface area contributed by atoms with Crippen molar-refractivity contribution in [3.05, 3.63) is 47.2 Å². The molecule has 2 aromatic rings. The first-order chi connectivity index (χ1) is 12.0. The van der Waals surface area contributed by atoms with Crippen LogP contribution in [0, 0.1) is 11.8 Å². The highest BCUT2D eigenvalue weighted by Crippen LogP contribution is 2.29. The summed E-state index contributed by atoms with van der Waals surface area (Å²) in [6.45, 7) is 4.73. The number of nitrogens with zero attached hydrogens (tertiary/aromatic N) is 2. The Balaban J connectivity index is 1.61. The maximum Gasteiger partial charge on any atom is 0.251 e. The van der Waals surface area contributed by atoms with Crippen LogP contribution in [0.15, 0.2) is 36.7 Å². The van der Waals surface area contributed by atoms with E-state index in [1.165, 1.54) is 12.8 Å². The number of nitrogens with one attached hydrogen (secondary N) is 1. The van der Waals surface area contributed by atoms with E-state index >= 15 is 0 Å². The standard InChI is InChI=1S/C19H24ClN3O2/c1-13-5-3-8-18(14(13)2)22-19(24)15-6-4-7-17(9-15)25-12-23-11-16(20)10-21-23/h4,6-7,9-11,13-14,18H,3,5,8,12H2,1-2H3,(H,22,24)/t13-,14-,18-/m1/s1. The van der Waals surface area contributed by atoms with E-state index in [9.17, 15) is 4.79 Å². The van der Waals surface area contributed by atoms with Crippen molar-refractivity contribution in [1.82, 2.24) is 15.1 Å². The van der Waals surface area contributed by atoms with E-state index in [4.69, 9.17) is 16.3 Å². The zero-order valence-electron chi connectivity index (χ0n) is 14.6. The van der Waals surface area contributed by atoms with Gasteiger partial charge >= 0.3 is 0 Å². The molecule has 1 aliphatic rings. The fraction of sp³-hybridized carbons (Fsp3) is 0.474. The van der Waals surface area contributed by atoms with E-state index < -0.39 is 0 Å². The van der Waals surface area contributed by atoms with Crippen molar-refractivity contribution in [2.75, 3.05) is 0 Å². The van der Waals surface area contributed by atoms with Crippen LogP contribution < -0.4 is 10.1 Å². The second kappa shape index (κ2) is 7.91. The molecule has 1 aromatic heterocycles. The van der Waals surface area contributed by atoms with Crippen molar-refractivity contribution < 1.29 is 9.53 Å². The van der Waals surface area contributed by atoms with Gasteiger partial charge in [0.1, 0.15) is 5.75 Å². The van der Waals surface area contributed by atoms with Gasteiger partial charge in [-0.3, -0.25) is 4.79 Å². The highest BCUT2D eigenvalue weighted by molar-refractivity contribution is 6.30. The zero-order chi connectivity index (χ0) is 17.8. The molecule has 25 heavy (non-hydrogen) atoms. The topological polar surface area (TPSA) is 56.1 Å². The van der Waals surface area contributed by atoms with Crippen molar-refractivity contribution in [2.45, 2.75) is 45.9 Å². The van der Waals surface area contributed by atoms with E-state index in [-0.39, 0.29) is 18.7 Å². The molecule has 5 nitrogen and oxygen atoms in total. The minimum absolute atomic E-state index is 0.0430. The molecule has 1 N–H and O–H groups in total. The summed E-state index contributed by atoms with van der Waals surface area (Å²) in [6.07, 6.45) is 6.71. The monoisotopic (exact) mass is 361 g/mol. The van der Waals surface area contributed by atoms with Crippen molar-refractivity contribution in [3.63, 3.8) is 0 Å². The van der Waals surface area contributed by atoms with Crippen LogP contribution in [-0.2, 0) is 6.73 Å². The summed E-state index contributed by atoms with van der Waals surface area (Å²) in [5.74, 6) is 1.74. The Bertz CT molecular complexity index is 731. The average Bonchev–Trinajstić information content (AvgIpc) is 3.03. The zero-order valence-corrected chi connectivity index (χ0v) is 15.4. The van der Waals surface area contributed by atoms with Gasteiger partial charge in [-0.05, 0) is 36.5 Å². The third kappa shape index (κ3) is 4.54. The van der Waals surface area contributed by atoms with Gasteiger partial charge in [0.25, 0.3) is 5.91 Å². The number of carbonyl (C=O) groups is 1. The van der Waals surface area contributed by atoms with E-state index in [1.54, 1.807) is 23.1 Å². The summed E-state index contributed by atoms with van der Waals surface area (Å²) in [5.41, 5.74) is 0.612. The van der Waals surface area contributed by atoms with Gasteiger partial charge < -0.3 is 10.1 Å². The Morgan fingerprint density at radius 1 is 1.40 bits per heavy atom. The molecule has 1 aromatic carbocycles. The molecule has 134 valence electrons. The molecule has 0 saturated heterocycles. The molecule has 1 amide bonds. The van der Waals surface area contributed by atoms with Crippen molar-refractivity contribution in [2.24, 2.45) is 11.8 Å². The lowest BCUT2D eigenvalue weighted by Crippen LogP contribution is -2.43. The number of hydrogen-bond acceptors (Lipinski definition) is 3. The van der Waals surface area contributed by atoms with Gasteiger partial charge in [-0.25, -0.2) is 4.68 Å². The fourth-order valence-corrected chi connectivity index (χ4v) is 3.47. The predicted octanol–water partition coefficient (Wildman–Crippen LogP) is 4.13. The molecule has 3 atom stereocenters. The van der Waals surface area contributed by atoms with Crippen LogP contribution >= 0.6 is 11.6 Å². The largest absolute Gasteiger partial charge is 0.471 e. The lowest BCUT2D eigenvalue weighted by atomic mass is 9.78. The third-order valence-corrected chi connectivity index (χ3v) is 5.28. The van der Waals surface area contributed by atoms with E-state index in [0.29, 0.717) is 28.2 Å². The summed E-state index contributed by atoms with van der Waals surface area (Å²) in [6, 6.07) is 7.47. The summed E-state index contributed by atoms with van der Waals surface area (Å²) in [7, 11) is 0. The van der Waals surface area contributed by atoms with E-state index in [2.05, 4.69) is 24.3 Å². The summed E-state index contributed by atoms with van der Waals surface area (Å²) < 4.78 is 7.28. The van der Waals surface area contributed by atoms with Gasteiger partial charge in [-0.1, -0.05) is 44.4 Å². The Kier molecular flexibility index (Phi) is 5.63. The van der Waals surface area contributed by atoms with E-state index in [1.807, 2.05) is 18.2 Å². The smallest absolute Gasteiger partial charge is 0.251 e. The van der Waals surface area contributed by atoms with Crippen LogP contribution in [-0.4, -0.2) is 21.7 Å². The Morgan fingerprint density at radius 2 is 2.24 bits per heavy atom. The summed E-state index contributed by atoms with van der Waals surface area (Å²) in [5, 5.41) is 7.81. The highest BCUT2D eigenvalue weighted by atomic mass is 35.5. The molecular formula is C19H24ClN3O2. The first-order valence-electron chi connectivity index (χ1n) is 8.74. The molecule has 3 rings (SSSR count). The highest BCUT2D eigenvalue weighted by Gasteiger charge is 2.28. The fourth-order valence-electron chi connectivity index (χ4n) is 3.31. The van der Waals surface area contributed by atoms with Gasteiger partial charge in [0.05, 0.1) is 11.2 Å². The number of rotatable bonds is 5. The number of amides is 1. The summed E-state index contributed by atoms with van der Waals surface area (Å²) in [4.78, 5) is 12.6. The van der Waals surface area contributed by atoms with Crippen molar-refractivity contribution >= 4 is 17.5 Å². The maximum atomic E-state index is 12.6. The Hall–Kier alpha value is -2.01. The molecule has 0 unspecified atom stereocenters. The molecule has 0 spiro atoms. The Labute approximate surface area is 153 Å². The van der Waals surface area contributed by atoms with E-state index in [0.717, 1.165) is 6.42 Å². The van der Waals surface area contributed by atoms with Gasteiger partial charge in [-0.2, -0.15) is 5.10 Å². The molecule has 1 saturated carbocycles. The van der Waals surface area contributed by atoms with Crippen LogP contribution in [0.2, 0.25) is 5.02 Å². The maximum absolute atomic E-state index is 12.6. The molecule has 1 fully saturated rings. The normalized spacial score (nSPS) is 23.2. The molecule has 0 radical (unpaired) electrons. The molecular weight excluding hydrogens is 338 g/mol. The van der Waals surface area contributed by atoms with Crippen LogP contribution in [0.4, 0.5) is 0 Å². The Morgan fingerprint density at radius 3 is 3.00 bits per heavy atom. The SMILES string of the molecule is C[C@@H]1[C@H](C)CCC[C@H]1NC(=O)c1cccc(OCn2cc(Cl)cn2)c1. The quantitative estimate of drug-likeness (QED) is 0.871. The molecule has 1 heterocycles. The second-order valence-electron chi connectivity index (χ2n) is 6.85. The third-order valence-electron chi connectivity index (χ3n) is 5.08. The van der Waals surface area contributed by atoms with Crippen LogP contribution in [0.1, 0.15) is 43.5 Å². The van der Waals surface area contributed by atoms with Crippen LogP contribution in [0.3, 0.4) is 0 Å². The van der Waals surface area contributed by atoms with Crippen molar-refractivity contribution in [1.29, 1.82) is 0 Å². The van der Waals surface area contributed by atoms with Gasteiger partial charge in [0.15, 0.2) is 6.73 Å². The number of hydrogen-bond donors (Lipinski definition) is 1. The minimum Gasteiger partial charge on any atom is -0.471 e. The number of benzene rings is 1. The molecule has 6 heteroatoms. The number of aromatic nitrogens is 2. The van der Waals surface area contributed by atoms with Gasteiger partial charge in [-0.15, -0.1) is 0 Å². The number of halogens is 1.